The fourth-order valence-corrected chi connectivity index (χ4v) is 2.92. The van der Waals surface area contributed by atoms with E-state index in [9.17, 15) is 0 Å². The van der Waals surface area contributed by atoms with E-state index in [2.05, 4.69) is 51.0 Å². The van der Waals surface area contributed by atoms with Gasteiger partial charge in [0, 0.05) is 6.04 Å². The minimum Gasteiger partial charge on any atom is -0.322 e. The molecule has 0 aliphatic carbocycles. The maximum atomic E-state index is 6.37. The average molecular weight is 292 g/mol. The van der Waals surface area contributed by atoms with E-state index in [1.54, 1.807) is 6.20 Å². The standard InChI is InChI=1S/C16H22ClN3/c1-10(2)20-16(14(17)9-19-20)15(18)8-13-6-11(3)5-12(4)7-13/h5-7,9-10,15H,8,18H2,1-4H3. The molecule has 1 atom stereocenters. The summed E-state index contributed by atoms with van der Waals surface area (Å²) in [5.41, 5.74) is 11.0. The monoisotopic (exact) mass is 291 g/mol. The molecule has 0 fully saturated rings. The Morgan fingerprint density at radius 1 is 1.20 bits per heavy atom. The molecule has 0 aliphatic heterocycles. The van der Waals surface area contributed by atoms with Gasteiger partial charge in [-0.3, -0.25) is 4.68 Å². The molecule has 0 saturated heterocycles. The SMILES string of the molecule is Cc1cc(C)cc(CC(N)c2c(Cl)cnn2C(C)C)c1. The highest BCUT2D eigenvalue weighted by atomic mass is 35.5. The largest absolute Gasteiger partial charge is 0.322 e. The number of halogens is 1. The molecule has 0 amide bonds. The summed E-state index contributed by atoms with van der Waals surface area (Å²) in [7, 11) is 0. The van der Waals surface area contributed by atoms with E-state index in [1.807, 2.05) is 4.68 Å². The lowest BCUT2D eigenvalue weighted by Gasteiger charge is -2.18. The van der Waals surface area contributed by atoms with Gasteiger partial charge in [0.15, 0.2) is 0 Å². The van der Waals surface area contributed by atoms with E-state index in [0.717, 1.165) is 12.1 Å². The predicted octanol–water partition coefficient (Wildman–Crippen LogP) is 3.98. The first-order valence-electron chi connectivity index (χ1n) is 6.94. The van der Waals surface area contributed by atoms with Crippen LogP contribution in [0.3, 0.4) is 0 Å². The Morgan fingerprint density at radius 2 is 1.80 bits per heavy atom. The third-order valence-electron chi connectivity index (χ3n) is 3.36. The van der Waals surface area contributed by atoms with Crippen molar-refractivity contribution in [3.05, 3.63) is 51.8 Å². The van der Waals surface area contributed by atoms with Crippen molar-refractivity contribution >= 4 is 11.6 Å². The van der Waals surface area contributed by atoms with Crippen molar-refractivity contribution in [1.29, 1.82) is 0 Å². The van der Waals surface area contributed by atoms with E-state index in [4.69, 9.17) is 17.3 Å². The van der Waals surface area contributed by atoms with Crippen LogP contribution in [0.5, 0.6) is 0 Å². The molecule has 1 aromatic carbocycles. The van der Waals surface area contributed by atoms with Crippen LogP contribution in [-0.2, 0) is 6.42 Å². The van der Waals surface area contributed by atoms with Crippen molar-refractivity contribution in [2.24, 2.45) is 5.73 Å². The molecule has 0 aliphatic rings. The molecular weight excluding hydrogens is 270 g/mol. The molecule has 4 heteroatoms. The van der Waals surface area contributed by atoms with Gasteiger partial charge in [-0.05, 0) is 39.7 Å². The van der Waals surface area contributed by atoms with Gasteiger partial charge in [0.05, 0.1) is 23.0 Å². The molecule has 2 rings (SSSR count). The predicted molar refractivity (Wildman–Crippen MR) is 84.2 cm³/mol. The van der Waals surface area contributed by atoms with E-state index in [0.29, 0.717) is 5.02 Å². The Morgan fingerprint density at radius 3 is 2.35 bits per heavy atom. The molecule has 0 saturated carbocycles. The van der Waals surface area contributed by atoms with Crippen molar-refractivity contribution in [3.8, 4) is 0 Å². The summed E-state index contributed by atoms with van der Waals surface area (Å²) in [6.45, 7) is 8.37. The van der Waals surface area contributed by atoms with Crippen LogP contribution in [0.2, 0.25) is 5.02 Å². The summed E-state index contributed by atoms with van der Waals surface area (Å²) in [5.74, 6) is 0. The number of benzene rings is 1. The van der Waals surface area contributed by atoms with E-state index in [-0.39, 0.29) is 12.1 Å². The zero-order valence-corrected chi connectivity index (χ0v) is 13.3. The number of aryl methyl sites for hydroxylation is 2. The van der Waals surface area contributed by atoms with Crippen LogP contribution in [0.1, 0.15) is 48.3 Å². The van der Waals surface area contributed by atoms with Gasteiger partial charge < -0.3 is 5.73 Å². The van der Waals surface area contributed by atoms with Crippen LogP contribution >= 0.6 is 11.6 Å². The van der Waals surface area contributed by atoms with Crippen LogP contribution in [0.25, 0.3) is 0 Å². The van der Waals surface area contributed by atoms with Crippen LogP contribution in [0, 0.1) is 13.8 Å². The van der Waals surface area contributed by atoms with Crippen molar-refractivity contribution in [1.82, 2.24) is 9.78 Å². The molecular formula is C16H22ClN3. The van der Waals surface area contributed by atoms with Crippen LogP contribution < -0.4 is 5.73 Å². The lowest BCUT2D eigenvalue weighted by atomic mass is 10.00. The Hall–Kier alpha value is -1.32. The quantitative estimate of drug-likeness (QED) is 0.926. The Labute approximate surface area is 125 Å². The van der Waals surface area contributed by atoms with Gasteiger partial charge in [0.2, 0.25) is 0 Å². The summed E-state index contributed by atoms with van der Waals surface area (Å²) >= 11 is 6.25. The molecule has 3 nitrogen and oxygen atoms in total. The lowest BCUT2D eigenvalue weighted by molar-refractivity contribution is 0.485. The van der Waals surface area contributed by atoms with Crippen molar-refractivity contribution in [2.45, 2.75) is 46.2 Å². The molecule has 0 radical (unpaired) electrons. The van der Waals surface area contributed by atoms with E-state index >= 15 is 0 Å². The minimum absolute atomic E-state index is 0.145. The van der Waals surface area contributed by atoms with Gasteiger partial charge in [-0.1, -0.05) is 40.9 Å². The minimum atomic E-state index is -0.145. The van der Waals surface area contributed by atoms with Gasteiger partial charge in [-0.2, -0.15) is 5.10 Å². The molecule has 1 heterocycles. The smallest absolute Gasteiger partial charge is 0.0834 e. The molecule has 2 N–H and O–H groups in total. The van der Waals surface area contributed by atoms with E-state index < -0.39 is 0 Å². The summed E-state index contributed by atoms with van der Waals surface area (Å²) in [6.07, 6.45) is 2.44. The first kappa shape index (κ1) is 15.1. The highest BCUT2D eigenvalue weighted by molar-refractivity contribution is 6.31. The molecule has 1 unspecified atom stereocenters. The van der Waals surface area contributed by atoms with Crippen molar-refractivity contribution in [2.75, 3.05) is 0 Å². The first-order valence-corrected chi connectivity index (χ1v) is 7.32. The molecule has 20 heavy (non-hydrogen) atoms. The van der Waals surface area contributed by atoms with Crippen LogP contribution in [0.15, 0.2) is 24.4 Å². The van der Waals surface area contributed by atoms with Gasteiger partial charge in [0.1, 0.15) is 0 Å². The number of rotatable bonds is 4. The fourth-order valence-electron chi connectivity index (χ4n) is 2.65. The zero-order chi connectivity index (χ0) is 14.9. The van der Waals surface area contributed by atoms with Gasteiger partial charge in [0.25, 0.3) is 0 Å². The second-order valence-electron chi connectivity index (χ2n) is 5.72. The summed E-state index contributed by atoms with van der Waals surface area (Å²) < 4.78 is 1.91. The highest BCUT2D eigenvalue weighted by Gasteiger charge is 2.19. The third-order valence-corrected chi connectivity index (χ3v) is 3.66. The normalized spacial score (nSPS) is 12.9. The van der Waals surface area contributed by atoms with Crippen molar-refractivity contribution in [3.63, 3.8) is 0 Å². The zero-order valence-electron chi connectivity index (χ0n) is 12.5. The topological polar surface area (TPSA) is 43.8 Å². The molecule has 0 bridgehead atoms. The second kappa shape index (κ2) is 5.98. The van der Waals surface area contributed by atoms with Crippen molar-refractivity contribution < 1.29 is 0 Å². The van der Waals surface area contributed by atoms with Crippen LogP contribution in [0.4, 0.5) is 0 Å². The number of aromatic nitrogens is 2. The van der Waals surface area contributed by atoms with Crippen LogP contribution in [-0.4, -0.2) is 9.78 Å². The second-order valence-corrected chi connectivity index (χ2v) is 6.13. The summed E-state index contributed by atoms with van der Waals surface area (Å²) in [6, 6.07) is 6.63. The van der Waals surface area contributed by atoms with Gasteiger partial charge in [-0.15, -0.1) is 0 Å². The Balaban J connectivity index is 2.28. The molecule has 108 valence electrons. The van der Waals surface area contributed by atoms with Gasteiger partial charge >= 0.3 is 0 Å². The highest BCUT2D eigenvalue weighted by Crippen LogP contribution is 2.26. The number of nitrogens with zero attached hydrogens (tertiary/aromatic N) is 2. The molecule has 2 aromatic rings. The maximum Gasteiger partial charge on any atom is 0.0834 e. The number of nitrogens with two attached hydrogens (primary N) is 1. The molecule has 0 spiro atoms. The third kappa shape index (κ3) is 3.22. The van der Waals surface area contributed by atoms with E-state index in [1.165, 1.54) is 16.7 Å². The Bertz CT molecular complexity index is 582. The number of hydrogen-bond acceptors (Lipinski definition) is 2. The molecule has 1 aromatic heterocycles. The lowest BCUT2D eigenvalue weighted by Crippen LogP contribution is -2.20. The maximum absolute atomic E-state index is 6.37. The van der Waals surface area contributed by atoms with Gasteiger partial charge in [-0.25, -0.2) is 0 Å². The number of hydrogen-bond donors (Lipinski definition) is 1. The average Bonchev–Trinajstić information content (AvgIpc) is 2.69. The summed E-state index contributed by atoms with van der Waals surface area (Å²) in [5, 5.41) is 4.97. The summed E-state index contributed by atoms with van der Waals surface area (Å²) in [4.78, 5) is 0. The first-order chi connectivity index (χ1) is 9.38. The fraction of sp³-hybridized carbons (Fsp3) is 0.438. The Kier molecular flexibility index (Phi) is 4.51.